The summed E-state index contributed by atoms with van der Waals surface area (Å²) in [4.78, 5) is 4.73. The summed E-state index contributed by atoms with van der Waals surface area (Å²) in [5.41, 5.74) is 9.63. The van der Waals surface area contributed by atoms with Crippen molar-refractivity contribution in [3.63, 3.8) is 0 Å². The van der Waals surface area contributed by atoms with Crippen LogP contribution in [0.1, 0.15) is 25.0 Å². The molecule has 4 nitrogen and oxygen atoms in total. The number of hydrogen-bond donors (Lipinski definition) is 1. The normalized spacial score (nSPS) is 16.0. The number of aliphatic imine (C=N–C) groups is 1. The van der Waals surface area contributed by atoms with Crippen LogP contribution in [0.3, 0.4) is 0 Å². The van der Waals surface area contributed by atoms with Crippen molar-refractivity contribution in [3.05, 3.63) is 47.8 Å². The smallest absolute Gasteiger partial charge is 0.191 e. The summed E-state index contributed by atoms with van der Waals surface area (Å²) in [6, 6.07) is 8.18. The molecule has 2 N–H and O–H groups in total. The highest BCUT2D eigenvalue weighted by molar-refractivity contribution is 7.80. The molecule has 5 heteroatoms. The van der Waals surface area contributed by atoms with Crippen LogP contribution in [0, 0.1) is 0 Å². The topological polar surface area (TPSA) is 56.2 Å². The summed E-state index contributed by atoms with van der Waals surface area (Å²) >= 11 is 4.91. The highest BCUT2D eigenvalue weighted by atomic mass is 32.1. The van der Waals surface area contributed by atoms with E-state index in [2.05, 4.69) is 25.0 Å². The van der Waals surface area contributed by atoms with E-state index < -0.39 is 0 Å². The minimum absolute atomic E-state index is 0.138. The molecule has 1 aromatic heterocycles. The molecule has 0 atom stereocenters. The minimum Gasteiger partial charge on any atom is -0.374 e. The maximum absolute atomic E-state index is 5.57. The summed E-state index contributed by atoms with van der Waals surface area (Å²) in [7, 11) is 0. The third kappa shape index (κ3) is 1.77. The van der Waals surface area contributed by atoms with Gasteiger partial charge in [0.25, 0.3) is 0 Å². The Labute approximate surface area is 117 Å². The second-order valence-corrected chi connectivity index (χ2v) is 5.53. The SMILES string of the molecule is CC1(C)C(c2cnn(C(N)=S)c2)=Nc2ccccc21. The molecule has 0 fully saturated rings. The van der Waals surface area contributed by atoms with Crippen molar-refractivity contribution in [2.24, 2.45) is 10.7 Å². The first-order valence-corrected chi connectivity index (χ1v) is 6.44. The molecular formula is C14H14N4S. The maximum Gasteiger partial charge on any atom is 0.191 e. The van der Waals surface area contributed by atoms with Gasteiger partial charge in [0.2, 0.25) is 0 Å². The van der Waals surface area contributed by atoms with Gasteiger partial charge in [-0.1, -0.05) is 32.0 Å². The van der Waals surface area contributed by atoms with Crippen molar-refractivity contribution >= 4 is 28.7 Å². The largest absolute Gasteiger partial charge is 0.374 e. The summed E-state index contributed by atoms with van der Waals surface area (Å²) in [6.07, 6.45) is 3.58. The molecule has 0 bridgehead atoms. The third-order valence-corrected chi connectivity index (χ3v) is 3.67. The summed E-state index contributed by atoms with van der Waals surface area (Å²) in [6.45, 7) is 4.32. The molecule has 3 rings (SSSR count). The van der Waals surface area contributed by atoms with E-state index in [-0.39, 0.29) is 10.5 Å². The maximum atomic E-state index is 5.57. The first-order valence-electron chi connectivity index (χ1n) is 6.03. The number of fused-ring (bicyclic) bond motifs is 1. The lowest BCUT2D eigenvalue weighted by atomic mass is 9.80. The van der Waals surface area contributed by atoms with Crippen molar-refractivity contribution < 1.29 is 0 Å². The van der Waals surface area contributed by atoms with Crippen LogP contribution < -0.4 is 5.73 Å². The molecular weight excluding hydrogens is 256 g/mol. The van der Waals surface area contributed by atoms with E-state index in [0.29, 0.717) is 0 Å². The molecule has 0 saturated carbocycles. The summed E-state index contributed by atoms with van der Waals surface area (Å²) in [5.74, 6) is 0. The third-order valence-electron chi connectivity index (χ3n) is 3.48. The molecule has 2 aromatic rings. The number of rotatable bonds is 1. The highest BCUT2D eigenvalue weighted by Gasteiger charge is 2.35. The van der Waals surface area contributed by atoms with E-state index in [0.717, 1.165) is 17.0 Å². The molecule has 0 aliphatic carbocycles. The predicted molar refractivity (Wildman–Crippen MR) is 80.1 cm³/mol. The second-order valence-electron chi connectivity index (χ2n) is 5.11. The van der Waals surface area contributed by atoms with Gasteiger partial charge in [-0.25, -0.2) is 4.68 Å². The van der Waals surface area contributed by atoms with Crippen molar-refractivity contribution in [1.29, 1.82) is 0 Å². The Morgan fingerprint density at radius 2 is 2.05 bits per heavy atom. The fourth-order valence-corrected chi connectivity index (χ4v) is 2.58. The predicted octanol–water partition coefficient (Wildman–Crippen LogP) is 2.39. The first kappa shape index (κ1) is 12.0. The van der Waals surface area contributed by atoms with Crippen molar-refractivity contribution in [2.75, 3.05) is 0 Å². The second kappa shape index (κ2) is 3.99. The molecule has 0 unspecified atom stereocenters. The van der Waals surface area contributed by atoms with Gasteiger partial charge in [-0.2, -0.15) is 5.10 Å². The van der Waals surface area contributed by atoms with Gasteiger partial charge in [-0.05, 0) is 23.8 Å². The molecule has 1 aliphatic heterocycles. The van der Waals surface area contributed by atoms with Crippen LogP contribution in [-0.2, 0) is 5.41 Å². The number of benzene rings is 1. The van der Waals surface area contributed by atoms with Crippen LogP contribution in [0.4, 0.5) is 5.69 Å². The van der Waals surface area contributed by atoms with Gasteiger partial charge in [0.15, 0.2) is 5.11 Å². The van der Waals surface area contributed by atoms with Crippen LogP contribution >= 0.6 is 12.2 Å². The molecule has 2 heterocycles. The Morgan fingerprint density at radius 1 is 1.32 bits per heavy atom. The van der Waals surface area contributed by atoms with Crippen LogP contribution in [0.25, 0.3) is 0 Å². The van der Waals surface area contributed by atoms with Gasteiger partial charge in [0, 0.05) is 17.2 Å². The average molecular weight is 270 g/mol. The van der Waals surface area contributed by atoms with Crippen LogP contribution in [0.2, 0.25) is 0 Å². The van der Waals surface area contributed by atoms with Crippen LogP contribution in [0.15, 0.2) is 41.7 Å². The van der Waals surface area contributed by atoms with Gasteiger partial charge in [-0.15, -0.1) is 0 Å². The lowest BCUT2D eigenvalue weighted by Crippen LogP contribution is -2.26. The van der Waals surface area contributed by atoms with Crippen molar-refractivity contribution in [3.8, 4) is 0 Å². The lowest BCUT2D eigenvalue weighted by molar-refractivity contribution is 0.737. The molecule has 1 aliphatic rings. The van der Waals surface area contributed by atoms with Gasteiger partial charge in [0.1, 0.15) is 0 Å². The Morgan fingerprint density at radius 3 is 2.68 bits per heavy atom. The Balaban J connectivity index is 2.10. The van der Waals surface area contributed by atoms with Crippen molar-refractivity contribution in [1.82, 2.24) is 9.78 Å². The minimum atomic E-state index is -0.138. The molecule has 0 saturated heterocycles. The van der Waals surface area contributed by atoms with E-state index in [1.807, 2.05) is 24.4 Å². The molecule has 0 spiro atoms. The van der Waals surface area contributed by atoms with Gasteiger partial charge in [0.05, 0.1) is 17.6 Å². The fraction of sp³-hybridized carbons (Fsp3) is 0.214. The summed E-state index contributed by atoms with van der Waals surface area (Å²) < 4.78 is 1.49. The standard InChI is InChI=1S/C14H14N4S/c1-14(2)10-5-3-4-6-11(10)17-12(14)9-7-16-18(8-9)13(15)19/h3-8H,1-2H3,(H2,15,19). The zero-order valence-corrected chi connectivity index (χ0v) is 11.6. The first-order chi connectivity index (χ1) is 9.00. The molecule has 0 radical (unpaired) electrons. The molecule has 0 amide bonds. The monoisotopic (exact) mass is 270 g/mol. The van der Waals surface area contributed by atoms with E-state index in [1.165, 1.54) is 10.2 Å². The zero-order chi connectivity index (χ0) is 13.6. The highest BCUT2D eigenvalue weighted by Crippen LogP contribution is 2.41. The molecule has 1 aromatic carbocycles. The van der Waals surface area contributed by atoms with E-state index in [1.54, 1.807) is 6.20 Å². The average Bonchev–Trinajstić information content (AvgIpc) is 2.93. The number of hydrogen-bond acceptors (Lipinski definition) is 3. The van der Waals surface area contributed by atoms with Gasteiger partial charge < -0.3 is 5.73 Å². The Bertz CT molecular complexity index is 697. The summed E-state index contributed by atoms with van der Waals surface area (Å²) in [5, 5.41) is 4.39. The number of aromatic nitrogens is 2. The number of para-hydroxylation sites is 1. The quantitative estimate of drug-likeness (QED) is 0.809. The van der Waals surface area contributed by atoms with Crippen molar-refractivity contribution in [2.45, 2.75) is 19.3 Å². The van der Waals surface area contributed by atoms with Crippen LogP contribution in [0.5, 0.6) is 0 Å². The number of nitrogens with zero attached hydrogens (tertiary/aromatic N) is 3. The lowest BCUT2D eigenvalue weighted by Gasteiger charge is -2.21. The van der Waals surface area contributed by atoms with Gasteiger partial charge in [-0.3, -0.25) is 4.99 Å². The zero-order valence-electron chi connectivity index (χ0n) is 10.8. The molecule has 19 heavy (non-hydrogen) atoms. The van der Waals surface area contributed by atoms with E-state index in [4.69, 9.17) is 22.9 Å². The fourth-order valence-electron chi connectivity index (χ4n) is 2.48. The number of nitrogens with two attached hydrogens (primary N) is 1. The van der Waals surface area contributed by atoms with Gasteiger partial charge >= 0.3 is 0 Å². The number of thiocarbonyl (C=S) groups is 1. The Hall–Kier alpha value is -2.01. The van der Waals surface area contributed by atoms with Crippen LogP contribution in [-0.4, -0.2) is 20.6 Å². The Kier molecular flexibility index (Phi) is 2.53. The van der Waals surface area contributed by atoms with E-state index >= 15 is 0 Å². The van der Waals surface area contributed by atoms with E-state index in [9.17, 15) is 0 Å². The molecule has 96 valence electrons.